The number of aliphatic carboxylic acids is 1. The SMILES string of the molecule is Cc1c(OC(C)C(=O)NCCCCCC(=O)O)ccc2c3c(c(=O)oc12)CCC3. The molecule has 0 saturated heterocycles. The molecule has 1 atom stereocenters. The number of hydrogen-bond donors (Lipinski definition) is 2. The number of amides is 1. The quantitative estimate of drug-likeness (QED) is 0.494. The van der Waals surface area contributed by atoms with Crippen LogP contribution >= 0.6 is 0 Å². The lowest BCUT2D eigenvalue weighted by Crippen LogP contribution is -2.36. The fraction of sp³-hybridized carbons (Fsp3) is 0.500. The molecule has 1 aromatic carbocycles. The Morgan fingerprint density at radius 1 is 1.21 bits per heavy atom. The fourth-order valence-corrected chi connectivity index (χ4v) is 3.77. The van der Waals surface area contributed by atoms with Crippen LogP contribution in [0.5, 0.6) is 5.75 Å². The number of rotatable bonds is 9. The summed E-state index contributed by atoms with van der Waals surface area (Å²) in [7, 11) is 0. The molecule has 7 nitrogen and oxygen atoms in total. The van der Waals surface area contributed by atoms with Gasteiger partial charge in [0.05, 0.1) is 0 Å². The third-order valence-electron chi connectivity index (χ3n) is 5.38. The van der Waals surface area contributed by atoms with Gasteiger partial charge in [-0.3, -0.25) is 9.59 Å². The zero-order valence-corrected chi connectivity index (χ0v) is 16.9. The number of fused-ring (bicyclic) bond motifs is 3. The molecule has 0 saturated carbocycles. The van der Waals surface area contributed by atoms with E-state index in [9.17, 15) is 14.4 Å². The minimum Gasteiger partial charge on any atom is -0.481 e. The first-order chi connectivity index (χ1) is 13.9. The van der Waals surface area contributed by atoms with Gasteiger partial charge in [-0.25, -0.2) is 4.79 Å². The molecule has 29 heavy (non-hydrogen) atoms. The second-order valence-corrected chi connectivity index (χ2v) is 7.52. The molecular weight excluding hydrogens is 374 g/mol. The highest BCUT2D eigenvalue weighted by atomic mass is 16.5. The van der Waals surface area contributed by atoms with E-state index in [4.69, 9.17) is 14.3 Å². The van der Waals surface area contributed by atoms with E-state index < -0.39 is 12.1 Å². The van der Waals surface area contributed by atoms with Crippen molar-refractivity contribution in [3.05, 3.63) is 39.2 Å². The largest absolute Gasteiger partial charge is 0.481 e. The van der Waals surface area contributed by atoms with E-state index in [1.807, 2.05) is 19.1 Å². The number of carboxylic acid groups (broad SMARTS) is 1. The highest BCUT2D eigenvalue weighted by Crippen LogP contribution is 2.33. The Labute approximate surface area is 169 Å². The van der Waals surface area contributed by atoms with E-state index >= 15 is 0 Å². The number of ether oxygens (including phenoxy) is 1. The van der Waals surface area contributed by atoms with Gasteiger partial charge in [0.15, 0.2) is 6.10 Å². The number of carbonyl (C=O) groups excluding carboxylic acids is 1. The van der Waals surface area contributed by atoms with Crippen molar-refractivity contribution < 1.29 is 23.8 Å². The van der Waals surface area contributed by atoms with Crippen molar-refractivity contribution in [2.45, 2.75) is 64.9 Å². The molecule has 1 heterocycles. The summed E-state index contributed by atoms with van der Waals surface area (Å²) in [5.41, 5.74) is 2.81. The lowest BCUT2D eigenvalue weighted by atomic mass is 10.0. The van der Waals surface area contributed by atoms with Crippen molar-refractivity contribution in [3.8, 4) is 5.75 Å². The number of nitrogens with one attached hydrogen (secondary N) is 1. The van der Waals surface area contributed by atoms with Crippen LogP contribution in [0.1, 0.15) is 55.7 Å². The maximum absolute atomic E-state index is 12.3. The Morgan fingerprint density at radius 3 is 2.72 bits per heavy atom. The zero-order valence-electron chi connectivity index (χ0n) is 16.9. The molecule has 7 heteroatoms. The van der Waals surface area contributed by atoms with Gasteiger partial charge < -0.3 is 19.6 Å². The molecule has 1 unspecified atom stereocenters. The Kier molecular flexibility index (Phi) is 6.56. The number of unbranched alkanes of at least 4 members (excludes halogenated alkanes) is 2. The third kappa shape index (κ3) is 4.78. The lowest BCUT2D eigenvalue weighted by Gasteiger charge is -2.17. The molecule has 0 bridgehead atoms. The van der Waals surface area contributed by atoms with Gasteiger partial charge in [0, 0.05) is 29.5 Å². The monoisotopic (exact) mass is 401 g/mol. The highest BCUT2D eigenvalue weighted by Gasteiger charge is 2.22. The first kappa shape index (κ1) is 20.9. The number of hydrogen-bond acceptors (Lipinski definition) is 5. The first-order valence-electron chi connectivity index (χ1n) is 10.1. The lowest BCUT2D eigenvalue weighted by molar-refractivity contribution is -0.137. The summed E-state index contributed by atoms with van der Waals surface area (Å²) in [6.07, 6.45) is 4.11. The molecule has 3 rings (SSSR count). The number of carboxylic acids is 1. The summed E-state index contributed by atoms with van der Waals surface area (Å²) in [6.45, 7) is 3.97. The van der Waals surface area contributed by atoms with Gasteiger partial charge in [-0.2, -0.15) is 0 Å². The first-order valence-corrected chi connectivity index (χ1v) is 10.1. The molecule has 1 amide bonds. The van der Waals surface area contributed by atoms with Crippen LogP contribution in [0.3, 0.4) is 0 Å². The van der Waals surface area contributed by atoms with Gasteiger partial charge in [0.25, 0.3) is 5.91 Å². The molecular formula is C22H27NO6. The van der Waals surface area contributed by atoms with E-state index in [1.165, 1.54) is 0 Å². The molecule has 0 radical (unpaired) electrons. The molecule has 1 aliphatic rings. The summed E-state index contributed by atoms with van der Waals surface area (Å²) < 4.78 is 11.4. The van der Waals surface area contributed by atoms with Crippen LogP contribution < -0.4 is 15.7 Å². The summed E-state index contributed by atoms with van der Waals surface area (Å²) in [4.78, 5) is 35.0. The summed E-state index contributed by atoms with van der Waals surface area (Å²) in [5, 5.41) is 12.4. The number of benzene rings is 1. The Hall–Kier alpha value is -2.83. The summed E-state index contributed by atoms with van der Waals surface area (Å²) in [5.74, 6) is -0.525. The van der Waals surface area contributed by atoms with Crippen LogP contribution in [-0.2, 0) is 22.4 Å². The maximum Gasteiger partial charge on any atom is 0.339 e. The van der Waals surface area contributed by atoms with Crippen LogP contribution in [0.2, 0.25) is 0 Å². The zero-order chi connectivity index (χ0) is 21.0. The van der Waals surface area contributed by atoms with E-state index in [0.29, 0.717) is 29.9 Å². The van der Waals surface area contributed by atoms with Crippen LogP contribution in [0.25, 0.3) is 11.0 Å². The maximum atomic E-state index is 12.3. The van der Waals surface area contributed by atoms with Gasteiger partial charge in [0.1, 0.15) is 11.3 Å². The molecule has 0 spiro atoms. The van der Waals surface area contributed by atoms with E-state index in [0.717, 1.165) is 48.6 Å². The van der Waals surface area contributed by atoms with Gasteiger partial charge >= 0.3 is 11.6 Å². The van der Waals surface area contributed by atoms with Crippen LogP contribution in [-0.4, -0.2) is 29.6 Å². The Balaban J connectivity index is 1.62. The summed E-state index contributed by atoms with van der Waals surface area (Å²) in [6, 6.07) is 3.73. The van der Waals surface area contributed by atoms with Crippen molar-refractivity contribution in [1.82, 2.24) is 5.32 Å². The number of aryl methyl sites for hydroxylation is 2. The average molecular weight is 401 g/mol. The molecule has 1 aromatic heterocycles. The molecule has 2 N–H and O–H groups in total. The standard InChI is InChI=1S/C22H27NO6/c1-13-18(28-14(2)21(26)23-12-5-3-4-9-19(24)25)11-10-16-15-7-6-8-17(15)22(27)29-20(13)16/h10-11,14H,3-9,12H2,1-2H3,(H,23,26)(H,24,25). The third-order valence-corrected chi connectivity index (χ3v) is 5.38. The van der Waals surface area contributed by atoms with Gasteiger partial charge in [-0.1, -0.05) is 6.42 Å². The molecule has 0 fully saturated rings. The van der Waals surface area contributed by atoms with Gasteiger partial charge in [0.2, 0.25) is 0 Å². The van der Waals surface area contributed by atoms with Crippen molar-refractivity contribution >= 4 is 22.8 Å². The normalized spacial score (nSPS) is 13.9. The second-order valence-electron chi connectivity index (χ2n) is 7.52. The second kappa shape index (κ2) is 9.11. The number of carbonyl (C=O) groups is 2. The van der Waals surface area contributed by atoms with Crippen molar-refractivity contribution in [1.29, 1.82) is 0 Å². The minimum atomic E-state index is -0.803. The molecule has 2 aromatic rings. The smallest absolute Gasteiger partial charge is 0.339 e. The van der Waals surface area contributed by atoms with E-state index in [2.05, 4.69) is 5.32 Å². The predicted octanol–water partition coefficient (Wildman–Crippen LogP) is 3.12. The van der Waals surface area contributed by atoms with Crippen molar-refractivity contribution in [2.24, 2.45) is 0 Å². The Bertz CT molecular complexity index is 977. The molecule has 156 valence electrons. The molecule has 0 aliphatic heterocycles. The molecule has 1 aliphatic carbocycles. The van der Waals surface area contributed by atoms with Crippen LogP contribution in [0.4, 0.5) is 0 Å². The summed E-state index contributed by atoms with van der Waals surface area (Å²) >= 11 is 0. The minimum absolute atomic E-state index is 0.147. The van der Waals surface area contributed by atoms with Crippen molar-refractivity contribution in [3.63, 3.8) is 0 Å². The highest BCUT2D eigenvalue weighted by molar-refractivity contribution is 5.86. The fourth-order valence-electron chi connectivity index (χ4n) is 3.77. The van der Waals surface area contributed by atoms with Crippen molar-refractivity contribution in [2.75, 3.05) is 6.54 Å². The van der Waals surface area contributed by atoms with Gasteiger partial charge in [-0.15, -0.1) is 0 Å². The average Bonchev–Trinajstić information content (AvgIpc) is 3.17. The van der Waals surface area contributed by atoms with E-state index in [-0.39, 0.29) is 18.0 Å². The van der Waals surface area contributed by atoms with E-state index in [1.54, 1.807) is 6.92 Å². The van der Waals surface area contributed by atoms with Gasteiger partial charge in [-0.05, 0) is 63.6 Å². The Morgan fingerprint density at radius 2 is 1.97 bits per heavy atom. The van der Waals surface area contributed by atoms with Crippen LogP contribution in [0.15, 0.2) is 21.3 Å². The van der Waals surface area contributed by atoms with Crippen LogP contribution in [0, 0.1) is 6.92 Å². The topological polar surface area (TPSA) is 106 Å². The predicted molar refractivity (Wildman–Crippen MR) is 108 cm³/mol.